The third-order valence-electron chi connectivity index (χ3n) is 5.86. The molecule has 30 heavy (non-hydrogen) atoms. The van der Waals surface area contributed by atoms with Crippen molar-refractivity contribution in [1.82, 2.24) is 20.4 Å². The lowest BCUT2D eigenvalue weighted by molar-refractivity contribution is 0.126. The molecule has 0 spiro atoms. The number of benzene rings is 2. The molecule has 2 aromatic rings. The van der Waals surface area contributed by atoms with Crippen molar-refractivity contribution in [1.29, 1.82) is 0 Å². The molecule has 2 N–H and O–H groups in total. The summed E-state index contributed by atoms with van der Waals surface area (Å²) in [6.45, 7) is 7.68. The number of rotatable bonds is 7. The minimum atomic E-state index is -0.101. The normalized spacial score (nSPS) is 19.5. The van der Waals surface area contributed by atoms with Gasteiger partial charge in [0, 0.05) is 39.3 Å². The number of hydrogen-bond acceptors (Lipinski definition) is 4. The van der Waals surface area contributed by atoms with Crippen LogP contribution in [0, 0.1) is 0 Å². The van der Waals surface area contributed by atoms with Crippen LogP contribution in [0.5, 0.6) is 5.75 Å². The van der Waals surface area contributed by atoms with Crippen LogP contribution in [0.1, 0.15) is 17.5 Å². The van der Waals surface area contributed by atoms with Gasteiger partial charge in [-0.05, 0) is 36.6 Å². The van der Waals surface area contributed by atoms with Crippen molar-refractivity contribution >= 4 is 6.03 Å². The fraction of sp³-hybridized carbons (Fsp3) is 0.458. The van der Waals surface area contributed by atoms with Gasteiger partial charge in [-0.1, -0.05) is 48.5 Å². The van der Waals surface area contributed by atoms with Gasteiger partial charge in [0.05, 0.1) is 6.04 Å². The van der Waals surface area contributed by atoms with Crippen molar-refractivity contribution in [2.75, 3.05) is 45.9 Å². The summed E-state index contributed by atoms with van der Waals surface area (Å²) < 4.78 is 5.73. The standard InChI is InChI=1S/C24H32N4O2/c29-24(26-22-17-21-9-4-5-10-23(21)30-19-22)25-11-6-12-27-13-15-28(16-14-27)18-20-7-2-1-3-8-20/h1-5,7-10,22H,6,11-19H2,(H2,25,26,29)/t22-/m1/s1. The van der Waals surface area contributed by atoms with E-state index in [4.69, 9.17) is 4.74 Å². The van der Waals surface area contributed by atoms with E-state index in [0.717, 1.165) is 63.4 Å². The molecule has 2 heterocycles. The Morgan fingerprint density at radius 3 is 2.53 bits per heavy atom. The first-order valence-corrected chi connectivity index (χ1v) is 11.0. The second kappa shape index (κ2) is 10.5. The van der Waals surface area contributed by atoms with Crippen molar-refractivity contribution in [3.63, 3.8) is 0 Å². The highest BCUT2D eigenvalue weighted by Gasteiger charge is 2.21. The molecular formula is C24H32N4O2. The van der Waals surface area contributed by atoms with Crippen LogP contribution in [0.15, 0.2) is 54.6 Å². The third-order valence-corrected chi connectivity index (χ3v) is 5.86. The van der Waals surface area contributed by atoms with Gasteiger partial charge in [0.25, 0.3) is 0 Å². The number of para-hydroxylation sites is 1. The van der Waals surface area contributed by atoms with Gasteiger partial charge >= 0.3 is 6.03 Å². The molecule has 1 fully saturated rings. The molecule has 2 aromatic carbocycles. The van der Waals surface area contributed by atoms with Crippen LogP contribution < -0.4 is 15.4 Å². The zero-order valence-corrected chi connectivity index (χ0v) is 17.6. The van der Waals surface area contributed by atoms with E-state index in [1.807, 2.05) is 18.2 Å². The molecule has 0 unspecified atom stereocenters. The predicted octanol–water partition coefficient (Wildman–Crippen LogP) is 2.50. The van der Waals surface area contributed by atoms with E-state index in [-0.39, 0.29) is 12.1 Å². The molecule has 2 amide bonds. The van der Waals surface area contributed by atoms with Crippen LogP contribution >= 0.6 is 0 Å². The number of hydrogen-bond donors (Lipinski definition) is 2. The summed E-state index contributed by atoms with van der Waals surface area (Å²) in [6, 6.07) is 18.6. The van der Waals surface area contributed by atoms with E-state index in [0.29, 0.717) is 13.2 Å². The lowest BCUT2D eigenvalue weighted by Gasteiger charge is -2.34. The van der Waals surface area contributed by atoms with Gasteiger partial charge in [-0.15, -0.1) is 0 Å². The van der Waals surface area contributed by atoms with Crippen molar-refractivity contribution in [3.8, 4) is 5.75 Å². The SMILES string of the molecule is O=C(NCCCN1CCN(Cc2ccccc2)CC1)N[C@H]1COc2ccccc2C1. The van der Waals surface area contributed by atoms with Crippen LogP contribution in [0.3, 0.4) is 0 Å². The quantitative estimate of drug-likeness (QED) is 0.692. The number of nitrogens with one attached hydrogen (secondary N) is 2. The Morgan fingerprint density at radius 1 is 0.967 bits per heavy atom. The molecule has 1 atom stereocenters. The highest BCUT2D eigenvalue weighted by atomic mass is 16.5. The average molecular weight is 409 g/mol. The molecule has 0 aromatic heterocycles. The first kappa shape index (κ1) is 20.7. The fourth-order valence-electron chi connectivity index (χ4n) is 4.17. The largest absolute Gasteiger partial charge is 0.491 e. The smallest absolute Gasteiger partial charge is 0.315 e. The van der Waals surface area contributed by atoms with Crippen molar-refractivity contribution in [2.24, 2.45) is 0 Å². The molecule has 2 aliphatic rings. The maximum atomic E-state index is 12.2. The zero-order chi connectivity index (χ0) is 20.6. The number of fused-ring (bicyclic) bond motifs is 1. The second-order valence-corrected chi connectivity index (χ2v) is 8.18. The Hall–Kier alpha value is -2.57. The van der Waals surface area contributed by atoms with Crippen molar-refractivity contribution < 1.29 is 9.53 Å². The molecule has 1 saturated heterocycles. The van der Waals surface area contributed by atoms with Gasteiger partial charge in [0.2, 0.25) is 0 Å². The maximum absolute atomic E-state index is 12.2. The highest BCUT2D eigenvalue weighted by Crippen LogP contribution is 2.23. The second-order valence-electron chi connectivity index (χ2n) is 8.18. The molecule has 0 saturated carbocycles. The van der Waals surface area contributed by atoms with Crippen LogP contribution in [-0.2, 0) is 13.0 Å². The lowest BCUT2D eigenvalue weighted by atomic mass is 10.0. The summed E-state index contributed by atoms with van der Waals surface area (Å²) in [4.78, 5) is 17.2. The topological polar surface area (TPSA) is 56.8 Å². The molecular weight excluding hydrogens is 376 g/mol. The number of piperazine rings is 1. The lowest BCUT2D eigenvalue weighted by Crippen LogP contribution is -2.48. The predicted molar refractivity (Wildman–Crippen MR) is 119 cm³/mol. The van der Waals surface area contributed by atoms with E-state index in [1.165, 1.54) is 5.56 Å². The number of amides is 2. The summed E-state index contributed by atoms with van der Waals surface area (Å²) in [5.74, 6) is 0.930. The van der Waals surface area contributed by atoms with E-state index >= 15 is 0 Å². The first-order valence-electron chi connectivity index (χ1n) is 11.0. The van der Waals surface area contributed by atoms with Crippen molar-refractivity contribution in [2.45, 2.75) is 25.4 Å². The van der Waals surface area contributed by atoms with E-state index in [9.17, 15) is 4.79 Å². The summed E-state index contributed by atoms with van der Waals surface area (Å²) in [6.07, 6.45) is 1.78. The van der Waals surface area contributed by atoms with Crippen LogP contribution in [0.2, 0.25) is 0 Å². The molecule has 0 bridgehead atoms. The summed E-state index contributed by atoms with van der Waals surface area (Å²) >= 11 is 0. The van der Waals surface area contributed by atoms with Crippen LogP contribution in [0.25, 0.3) is 0 Å². The number of nitrogens with zero attached hydrogens (tertiary/aromatic N) is 2. The van der Waals surface area contributed by atoms with E-state index in [2.05, 4.69) is 56.8 Å². The molecule has 160 valence electrons. The molecule has 6 nitrogen and oxygen atoms in total. The summed E-state index contributed by atoms with van der Waals surface area (Å²) in [7, 11) is 0. The van der Waals surface area contributed by atoms with Gasteiger partial charge in [-0.25, -0.2) is 4.79 Å². The summed E-state index contributed by atoms with van der Waals surface area (Å²) in [5.41, 5.74) is 2.54. The highest BCUT2D eigenvalue weighted by molar-refractivity contribution is 5.74. The van der Waals surface area contributed by atoms with E-state index in [1.54, 1.807) is 0 Å². The maximum Gasteiger partial charge on any atom is 0.315 e. The molecule has 0 radical (unpaired) electrons. The monoisotopic (exact) mass is 408 g/mol. The Morgan fingerprint density at radius 2 is 1.70 bits per heavy atom. The van der Waals surface area contributed by atoms with Crippen LogP contribution in [-0.4, -0.2) is 67.7 Å². The Balaban J connectivity index is 1.08. The number of ether oxygens (including phenoxy) is 1. The van der Waals surface area contributed by atoms with E-state index < -0.39 is 0 Å². The fourth-order valence-corrected chi connectivity index (χ4v) is 4.17. The van der Waals surface area contributed by atoms with Crippen LogP contribution in [0.4, 0.5) is 4.79 Å². The third kappa shape index (κ3) is 5.97. The Labute approximate surface area is 179 Å². The minimum absolute atomic E-state index is 0.0255. The van der Waals surface area contributed by atoms with Gasteiger partial charge in [0.15, 0.2) is 0 Å². The molecule has 2 aliphatic heterocycles. The Bertz CT molecular complexity index is 806. The average Bonchev–Trinajstić information content (AvgIpc) is 2.78. The van der Waals surface area contributed by atoms with Gasteiger partial charge in [-0.2, -0.15) is 0 Å². The van der Waals surface area contributed by atoms with Gasteiger partial charge in [-0.3, -0.25) is 4.90 Å². The molecule has 6 heteroatoms. The number of urea groups is 1. The van der Waals surface area contributed by atoms with Gasteiger partial charge in [0.1, 0.15) is 12.4 Å². The summed E-state index contributed by atoms with van der Waals surface area (Å²) in [5, 5.41) is 6.02. The first-order chi connectivity index (χ1) is 14.8. The number of carbonyl (C=O) groups is 1. The zero-order valence-electron chi connectivity index (χ0n) is 17.6. The number of carbonyl (C=O) groups excluding carboxylic acids is 1. The minimum Gasteiger partial charge on any atom is -0.491 e. The Kier molecular flexibility index (Phi) is 7.21. The van der Waals surface area contributed by atoms with Gasteiger partial charge < -0.3 is 20.3 Å². The van der Waals surface area contributed by atoms with Crippen molar-refractivity contribution in [3.05, 3.63) is 65.7 Å². The molecule has 4 rings (SSSR count). The molecule has 0 aliphatic carbocycles.